The van der Waals surface area contributed by atoms with Crippen LogP contribution in [0.5, 0.6) is 5.75 Å². The first-order valence-corrected chi connectivity index (χ1v) is 12.3. The maximum absolute atomic E-state index is 13.3. The van der Waals surface area contributed by atoms with Gasteiger partial charge < -0.3 is 10.4 Å². The van der Waals surface area contributed by atoms with E-state index in [1.807, 2.05) is 64.1 Å². The lowest BCUT2D eigenvalue weighted by Crippen LogP contribution is -2.19. The first-order valence-electron chi connectivity index (χ1n) is 10.7. The zero-order valence-corrected chi connectivity index (χ0v) is 22.9. The number of aryl methyl sites for hydroxylation is 1. The van der Waals surface area contributed by atoms with Gasteiger partial charge in [-0.15, -0.1) is 12.6 Å². The van der Waals surface area contributed by atoms with Crippen molar-refractivity contribution in [2.75, 3.05) is 5.32 Å². The highest BCUT2D eigenvalue weighted by atomic mass is 79.9. The van der Waals surface area contributed by atoms with E-state index in [0.29, 0.717) is 27.4 Å². The van der Waals surface area contributed by atoms with Crippen molar-refractivity contribution in [2.24, 2.45) is 0 Å². The fourth-order valence-corrected chi connectivity index (χ4v) is 4.67. The zero-order chi connectivity index (χ0) is 25.4. The number of hydrogen-bond acceptors (Lipinski definition) is 4. The molecule has 0 fully saturated rings. The average molecular weight is 558 g/mol. The van der Waals surface area contributed by atoms with Gasteiger partial charge in [-0.05, 0) is 65.8 Å². The van der Waals surface area contributed by atoms with Crippen molar-refractivity contribution in [3.8, 4) is 11.8 Å². The van der Waals surface area contributed by atoms with E-state index in [2.05, 4.69) is 39.9 Å². The van der Waals surface area contributed by atoms with Crippen LogP contribution >= 0.6 is 40.2 Å². The molecule has 0 aliphatic rings. The second-order valence-electron chi connectivity index (χ2n) is 9.30. The number of nitriles is 1. The molecular formula is C27H26BrClN2O2S. The number of amides is 1. The summed E-state index contributed by atoms with van der Waals surface area (Å²) in [6.45, 7) is 9.55. The summed E-state index contributed by atoms with van der Waals surface area (Å²) >= 11 is 14.4. The van der Waals surface area contributed by atoms with Gasteiger partial charge in [0.25, 0.3) is 5.91 Å². The topological polar surface area (TPSA) is 73.1 Å². The van der Waals surface area contributed by atoms with Crippen molar-refractivity contribution in [3.63, 3.8) is 0 Å². The Kier molecular flexibility index (Phi) is 7.72. The largest absolute Gasteiger partial charge is 0.507 e. The van der Waals surface area contributed by atoms with Crippen LogP contribution in [0.2, 0.25) is 5.02 Å². The van der Waals surface area contributed by atoms with Crippen LogP contribution in [0.3, 0.4) is 0 Å². The number of halogens is 2. The van der Waals surface area contributed by atoms with E-state index < -0.39 is 11.8 Å². The number of carbonyl (C=O) groups is 1. The van der Waals surface area contributed by atoms with Gasteiger partial charge in [0.2, 0.25) is 0 Å². The first-order chi connectivity index (χ1) is 15.8. The van der Waals surface area contributed by atoms with E-state index in [0.717, 1.165) is 20.5 Å². The monoisotopic (exact) mass is 556 g/mol. The number of benzene rings is 3. The third kappa shape index (κ3) is 5.27. The fraction of sp³-hybridized carbons (Fsp3) is 0.259. The molecule has 176 valence electrons. The number of anilines is 1. The normalized spacial score (nSPS) is 12.2. The van der Waals surface area contributed by atoms with Crippen molar-refractivity contribution in [3.05, 3.63) is 85.3 Å². The number of nitrogens with one attached hydrogen (secondary N) is 1. The predicted octanol–water partition coefficient (Wildman–Crippen LogP) is 7.92. The molecule has 34 heavy (non-hydrogen) atoms. The SMILES string of the molecule is Cc1cc(C(C#N)c2ccc(S)cc2)c(Cl)cc1NC(=O)c1c(C)c(Br)cc(C(C)(C)C)c1O. The van der Waals surface area contributed by atoms with Crippen molar-refractivity contribution in [1.82, 2.24) is 0 Å². The maximum Gasteiger partial charge on any atom is 0.259 e. The summed E-state index contributed by atoms with van der Waals surface area (Å²) in [4.78, 5) is 14.1. The molecule has 7 heteroatoms. The Balaban J connectivity index is 2.00. The lowest BCUT2D eigenvalue weighted by atomic mass is 9.84. The minimum Gasteiger partial charge on any atom is -0.507 e. The second kappa shape index (κ2) is 10.0. The molecule has 0 aliphatic carbocycles. The van der Waals surface area contributed by atoms with Crippen molar-refractivity contribution in [2.45, 2.75) is 50.8 Å². The van der Waals surface area contributed by atoms with E-state index in [1.165, 1.54) is 0 Å². The van der Waals surface area contributed by atoms with Crippen LogP contribution in [-0.4, -0.2) is 11.0 Å². The molecular weight excluding hydrogens is 532 g/mol. The maximum atomic E-state index is 13.3. The van der Waals surface area contributed by atoms with E-state index >= 15 is 0 Å². The van der Waals surface area contributed by atoms with Crippen molar-refractivity contribution in [1.29, 1.82) is 5.26 Å². The van der Waals surface area contributed by atoms with Crippen LogP contribution in [0.4, 0.5) is 5.69 Å². The molecule has 0 saturated heterocycles. The van der Waals surface area contributed by atoms with E-state index in [4.69, 9.17) is 11.6 Å². The summed E-state index contributed by atoms with van der Waals surface area (Å²) in [6.07, 6.45) is 0. The van der Waals surface area contributed by atoms with Gasteiger partial charge in [0.1, 0.15) is 5.75 Å². The van der Waals surface area contributed by atoms with Crippen LogP contribution in [0, 0.1) is 25.2 Å². The minimum atomic E-state index is -0.560. The van der Waals surface area contributed by atoms with E-state index in [-0.39, 0.29) is 16.7 Å². The Morgan fingerprint density at radius 1 is 1.18 bits per heavy atom. The fourth-order valence-electron chi connectivity index (χ4n) is 3.82. The summed E-state index contributed by atoms with van der Waals surface area (Å²) in [5.41, 5.74) is 3.89. The lowest BCUT2D eigenvalue weighted by molar-refractivity contribution is 0.102. The van der Waals surface area contributed by atoms with Crippen LogP contribution in [-0.2, 0) is 5.41 Å². The molecule has 3 aromatic carbocycles. The molecule has 4 nitrogen and oxygen atoms in total. The second-order valence-corrected chi connectivity index (χ2v) is 11.1. The Morgan fingerprint density at radius 3 is 2.35 bits per heavy atom. The third-order valence-electron chi connectivity index (χ3n) is 5.79. The van der Waals surface area contributed by atoms with Gasteiger partial charge in [0.15, 0.2) is 0 Å². The van der Waals surface area contributed by atoms with Gasteiger partial charge in [-0.2, -0.15) is 5.26 Å². The number of rotatable bonds is 4. The Bertz CT molecular complexity index is 1310. The molecule has 1 amide bonds. The number of carbonyl (C=O) groups excluding carboxylic acids is 1. The van der Waals surface area contributed by atoms with E-state index in [9.17, 15) is 15.2 Å². The average Bonchev–Trinajstić information content (AvgIpc) is 2.75. The van der Waals surface area contributed by atoms with Crippen molar-refractivity contribution < 1.29 is 9.90 Å². The predicted molar refractivity (Wildman–Crippen MR) is 145 cm³/mol. The van der Waals surface area contributed by atoms with Crippen LogP contribution in [0.1, 0.15) is 64.9 Å². The number of aromatic hydroxyl groups is 1. The molecule has 0 aromatic heterocycles. The van der Waals surface area contributed by atoms with Gasteiger partial charge in [0.05, 0.1) is 17.6 Å². The Morgan fingerprint density at radius 2 is 1.79 bits per heavy atom. The third-order valence-corrected chi connectivity index (χ3v) is 7.24. The van der Waals surface area contributed by atoms with Gasteiger partial charge in [0, 0.05) is 25.6 Å². The van der Waals surface area contributed by atoms with Crippen LogP contribution < -0.4 is 5.32 Å². The summed E-state index contributed by atoms with van der Waals surface area (Å²) in [5.74, 6) is -1.03. The number of phenolic OH excluding ortho intramolecular Hbond substituents is 1. The van der Waals surface area contributed by atoms with Gasteiger partial charge in [-0.25, -0.2) is 0 Å². The molecule has 0 aliphatic heterocycles. The molecule has 3 aromatic rings. The molecule has 0 radical (unpaired) electrons. The molecule has 3 rings (SSSR count). The Hall–Kier alpha value is -2.46. The number of thiol groups is 1. The zero-order valence-electron chi connectivity index (χ0n) is 19.6. The summed E-state index contributed by atoms with van der Waals surface area (Å²) in [7, 11) is 0. The highest BCUT2D eigenvalue weighted by Gasteiger charge is 2.27. The summed E-state index contributed by atoms with van der Waals surface area (Å²) in [6, 6.07) is 15.0. The Labute approximate surface area is 219 Å². The van der Waals surface area contributed by atoms with Gasteiger partial charge >= 0.3 is 0 Å². The quantitative estimate of drug-likeness (QED) is 0.285. The molecule has 0 heterocycles. The summed E-state index contributed by atoms with van der Waals surface area (Å²) in [5, 5.41) is 24.0. The lowest BCUT2D eigenvalue weighted by Gasteiger charge is -2.24. The highest BCUT2D eigenvalue weighted by molar-refractivity contribution is 9.10. The molecule has 0 spiro atoms. The number of nitrogens with zero attached hydrogens (tertiary/aromatic N) is 1. The standard InChI is InChI=1S/C27H26BrClN2O2S/c1-14-10-18(19(13-30)16-6-8-17(34)9-7-16)22(29)12-23(14)31-26(33)24-15(2)21(28)11-20(25(24)32)27(3,4)5/h6-12,19,32,34H,1-5H3,(H,31,33). The van der Waals surface area contributed by atoms with Gasteiger partial charge in [-0.1, -0.05) is 66.5 Å². The highest BCUT2D eigenvalue weighted by Crippen LogP contribution is 2.39. The molecule has 0 saturated carbocycles. The molecule has 2 N–H and O–H groups in total. The van der Waals surface area contributed by atoms with Gasteiger partial charge in [-0.3, -0.25) is 4.79 Å². The van der Waals surface area contributed by atoms with Crippen molar-refractivity contribution >= 4 is 51.8 Å². The number of hydrogen-bond donors (Lipinski definition) is 3. The minimum absolute atomic E-state index is 0.0387. The smallest absolute Gasteiger partial charge is 0.259 e. The van der Waals surface area contributed by atoms with Crippen LogP contribution in [0.25, 0.3) is 0 Å². The first kappa shape index (κ1) is 26.2. The molecule has 1 atom stereocenters. The van der Waals surface area contributed by atoms with Crippen LogP contribution in [0.15, 0.2) is 51.8 Å². The summed E-state index contributed by atoms with van der Waals surface area (Å²) < 4.78 is 0.745. The molecule has 1 unspecified atom stereocenters. The number of phenols is 1. The molecule has 0 bridgehead atoms. The van der Waals surface area contributed by atoms with E-state index in [1.54, 1.807) is 13.0 Å².